The van der Waals surface area contributed by atoms with Gasteiger partial charge >= 0.3 is 0 Å². The van der Waals surface area contributed by atoms with E-state index in [0.29, 0.717) is 11.4 Å². The van der Waals surface area contributed by atoms with Crippen molar-refractivity contribution < 1.29 is 0 Å². The molecule has 0 spiro atoms. The lowest BCUT2D eigenvalue weighted by Crippen LogP contribution is -2.39. The highest BCUT2D eigenvalue weighted by atomic mass is 14.5. The topological polar surface area (TPSA) is 44.6 Å². The highest BCUT2D eigenvalue weighted by Crippen LogP contribution is 2.59. The standard InChI is InChI=1S/C18H18N2/c1-17(2)13-7-5-12(20)10-16(13)18(3,4)14-8-6-11(19)9-15(14)17/h5-10H,1-4H3. The molecular weight excluding hydrogens is 244 g/mol. The number of fused-ring (bicyclic) bond motifs is 2. The van der Waals surface area contributed by atoms with Crippen molar-refractivity contribution in [1.82, 2.24) is 0 Å². The largest absolute Gasteiger partial charge is 0.779 e. The van der Waals surface area contributed by atoms with Gasteiger partial charge in [0.25, 0.3) is 0 Å². The molecule has 100 valence electrons. The number of allylic oxidation sites excluding steroid dienone is 8. The fraction of sp³-hybridized carbons (Fsp3) is 0.333. The van der Waals surface area contributed by atoms with Crippen molar-refractivity contribution in [1.29, 1.82) is 0 Å². The van der Waals surface area contributed by atoms with Crippen LogP contribution < -0.4 is 0 Å². The normalized spacial score (nSPS) is 26.0. The van der Waals surface area contributed by atoms with Crippen LogP contribution in [0.5, 0.6) is 0 Å². The minimum atomic E-state index is -0.188. The summed E-state index contributed by atoms with van der Waals surface area (Å²) in [6, 6.07) is 0. The molecule has 3 rings (SSSR count). The summed E-state index contributed by atoms with van der Waals surface area (Å²) in [5.74, 6) is 0. The quantitative estimate of drug-likeness (QED) is 0.587. The van der Waals surface area contributed by atoms with Crippen LogP contribution in [0.2, 0.25) is 0 Å². The Hall–Kier alpha value is -1.96. The van der Waals surface area contributed by atoms with Crippen LogP contribution >= 0.6 is 0 Å². The van der Waals surface area contributed by atoms with Crippen LogP contribution in [0, 0.1) is 23.7 Å². The molecule has 0 unspecified atom stereocenters. The van der Waals surface area contributed by atoms with Gasteiger partial charge in [0.1, 0.15) is 0 Å². The Morgan fingerprint density at radius 3 is 1.40 bits per heavy atom. The molecule has 3 aliphatic rings. The van der Waals surface area contributed by atoms with Gasteiger partial charge in [-0.25, -0.2) is 0 Å². The zero-order chi connectivity index (χ0) is 14.7. The molecule has 0 bridgehead atoms. The van der Waals surface area contributed by atoms with Gasteiger partial charge in [-0.05, 0) is 39.1 Å². The molecule has 2 nitrogen and oxygen atoms in total. The van der Waals surface area contributed by atoms with E-state index in [1.807, 2.05) is 24.3 Å². The Morgan fingerprint density at radius 2 is 1.05 bits per heavy atom. The summed E-state index contributed by atoms with van der Waals surface area (Å²) in [7, 11) is 0. The lowest BCUT2D eigenvalue weighted by atomic mass is 9.53. The summed E-state index contributed by atoms with van der Waals surface area (Å²) in [5, 5.41) is 19.7. The molecule has 0 heterocycles. The average molecular weight is 262 g/mol. The van der Waals surface area contributed by atoms with Gasteiger partial charge in [-0.1, -0.05) is 0 Å². The van der Waals surface area contributed by atoms with E-state index in [4.69, 9.17) is 0 Å². The minimum absolute atomic E-state index is 0.188. The van der Waals surface area contributed by atoms with Gasteiger partial charge in [-0.15, -0.1) is 0 Å². The Bertz CT molecular complexity index is 591. The third-order valence-corrected chi connectivity index (χ3v) is 4.70. The second kappa shape index (κ2) is 3.78. The van der Waals surface area contributed by atoms with E-state index >= 15 is 0 Å². The molecule has 0 N–H and O–H groups in total. The predicted octanol–water partition coefficient (Wildman–Crippen LogP) is 4.21. The maximum atomic E-state index is 9.84. The molecular formula is C18H18N2. The van der Waals surface area contributed by atoms with Crippen molar-refractivity contribution in [2.24, 2.45) is 10.8 Å². The molecule has 0 aromatic rings. The summed E-state index contributed by atoms with van der Waals surface area (Å²) in [5.41, 5.74) is 4.95. The summed E-state index contributed by atoms with van der Waals surface area (Å²) < 4.78 is 0. The van der Waals surface area contributed by atoms with Crippen molar-refractivity contribution >= 4 is 11.4 Å². The van der Waals surface area contributed by atoms with E-state index in [0.717, 1.165) is 11.1 Å². The van der Waals surface area contributed by atoms with Crippen molar-refractivity contribution in [3.8, 4) is 0 Å². The van der Waals surface area contributed by atoms with Crippen molar-refractivity contribution in [3.63, 3.8) is 0 Å². The van der Waals surface area contributed by atoms with Crippen LogP contribution in [0.1, 0.15) is 27.7 Å². The molecule has 3 aliphatic carbocycles. The Balaban J connectivity index is 2.28. The molecule has 0 atom stereocenters. The molecule has 0 aromatic carbocycles. The molecule has 0 amide bonds. The fourth-order valence-corrected chi connectivity index (χ4v) is 3.48. The molecule has 2 heteroatoms. The maximum Gasteiger partial charge on any atom is 0.0865 e. The van der Waals surface area contributed by atoms with Crippen LogP contribution in [0.3, 0.4) is 0 Å². The number of rotatable bonds is 0. The fourth-order valence-electron chi connectivity index (χ4n) is 3.48. The smallest absolute Gasteiger partial charge is 0.0865 e. The van der Waals surface area contributed by atoms with Crippen LogP contribution in [-0.2, 0) is 0 Å². The Morgan fingerprint density at radius 1 is 0.700 bits per heavy atom. The highest BCUT2D eigenvalue weighted by Gasteiger charge is 2.55. The lowest BCUT2D eigenvalue weighted by molar-refractivity contribution is 0.423. The molecule has 0 saturated heterocycles. The zero-order valence-electron chi connectivity index (χ0n) is 12.4. The van der Waals surface area contributed by atoms with Crippen LogP contribution in [0.4, 0.5) is 0 Å². The average Bonchev–Trinajstić information content (AvgIpc) is 2.36. The van der Waals surface area contributed by atoms with Crippen molar-refractivity contribution in [2.75, 3.05) is 0 Å². The first kappa shape index (κ1) is 13.0. The van der Waals surface area contributed by atoms with Gasteiger partial charge < -0.3 is 10.8 Å². The third-order valence-electron chi connectivity index (χ3n) is 4.70. The van der Waals surface area contributed by atoms with Gasteiger partial charge in [0, 0.05) is 25.0 Å². The first-order chi connectivity index (χ1) is 9.24. The molecule has 1 fully saturated rings. The first-order valence-electron chi connectivity index (χ1n) is 6.92. The molecule has 0 aliphatic heterocycles. The van der Waals surface area contributed by atoms with E-state index in [1.165, 1.54) is 11.1 Å². The molecule has 20 heavy (non-hydrogen) atoms. The molecule has 0 radical (unpaired) electrons. The summed E-state index contributed by atoms with van der Waals surface area (Å²) in [4.78, 5) is 0. The van der Waals surface area contributed by atoms with Crippen molar-refractivity contribution in [2.45, 2.75) is 27.7 Å². The van der Waals surface area contributed by atoms with Crippen LogP contribution in [0.15, 0.2) is 46.6 Å². The van der Waals surface area contributed by atoms with E-state index in [9.17, 15) is 10.8 Å². The number of nitrogens with zero attached hydrogens (tertiary/aromatic N) is 2. The second-order valence-corrected chi connectivity index (χ2v) is 6.71. The third kappa shape index (κ3) is 1.57. The van der Waals surface area contributed by atoms with Gasteiger partial charge in [0.2, 0.25) is 0 Å². The summed E-state index contributed by atoms with van der Waals surface area (Å²) in [6.45, 7) is 8.65. The number of hydrogen-bond acceptors (Lipinski definition) is 0. The molecule has 0 aromatic heterocycles. The number of hydrogen-bond donors (Lipinski definition) is 0. The van der Waals surface area contributed by atoms with E-state index in [2.05, 4.69) is 27.7 Å². The Kier molecular flexibility index (Phi) is 2.47. The van der Waals surface area contributed by atoms with E-state index < -0.39 is 0 Å². The van der Waals surface area contributed by atoms with Gasteiger partial charge in [0.15, 0.2) is 0 Å². The van der Waals surface area contributed by atoms with Crippen LogP contribution in [-0.4, -0.2) is 11.4 Å². The maximum absolute atomic E-state index is 9.84. The van der Waals surface area contributed by atoms with Crippen LogP contribution in [0.25, 0.3) is 10.8 Å². The van der Waals surface area contributed by atoms with Gasteiger partial charge in [-0.2, -0.15) is 0 Å². The zero-order valence-corrected chi connectivity index (χ0v) is 12.4. The van der Waals surface area contributed by atoms with E-state index in [-0.39, 0.29) is 10.8 Å². The lowest BCUT2D eigenvalue weighted by Gasteiger charge is -2.42. The molecule has 1 saturated carbocycles. The SMILES string of the molecule is CC1(C)C2=C[CH+]C(=[N-])C=C2C(C)(C)C2=C[CH+]C(=[N-])C=C21. The van der Waals surface area contributed by atoms with Gasteiger partial charge in [0.05, 0.1) is 45.3 Å². The summed E-state index contributed by atoms with van der Waals surface area (Å²) in [6.07, 6.45) is 11.2. The van der Waals surface area contributed by atoms with Gasteiger partial charge in [-0.3, -0.25) is 0 Å². The monoisotopic (exact) mass is 262 g/mol. The Labute approximate surface area is 121 Å². The first-order valence-corrected chi connectivity index (χ1v) is 6.92. The van der Waals surface area contributed by atoms with Crippen molar-refractivity contribution in [3.05, 3.63) is 70.3 Å². The predicted molar refractivity (Wildman–Crippen MR) is 85.2 cm³/mol. The second-order valence-electron chi connectivity index (χ2n) is 6.71. The minimum Gasteiger partial charge on any atom is -0.779 e. The highest BCUT2D eigenvalue weighted by molar-refractivity contribution is 6.10. The van der Waals surface area contributed by atoms with E-state index in [1.54, 1.807) is 12.8 Å². The summed E-state index contributed by atoms with van der Waals surface area (Å²) >= 11 is 0.